The standard InChI is InChI=1S/C19H25N3O2S/c1-13-8-9-16(10-14(13)2)18-21-22-19(24-18)25-12-17(23)20-11-15-6-4-3-5-7-15/h8-10,15H,3-7,11-12H2,1-2H3,(H,20,23). The van der Waals surface area contributed by atoms with Crippen LogP contribution in [-0.4, -0.2) is 28.4 Å². The van der Waals surface area contributed by atoms with Crippen LogP contribution in [0.15, 0.2) is 27.8 Å². The van der Waals surface area contributed by atoms with Gasteiger partial charge in [0.2, 0.25) is 11.8 Å². The summed E-state index contributed by atoms with van der Waals surface area (Å²) in [7, 11) is 0. The van der Waals surface area contributed by atoms with Gasteiger partial charge in [-0.15, -0.1) is 10.2 Å². The largest absolute Gasteiger partial charge is 0.411 e. The third-order valence-corrected chi connectivity index (χ3v) is 5.62. The second-order valence-corrected chi connectivity index (χ2v) is 7.70. The Morgan fingerprint density at radius 3 is 2.76 bits per heavy atom. The molecule has 1 heterocycles. The highest BCUT2D eigenvalue weighted by Gasteiger charge is 2.15. The average Bonchev–Trinajstić information content (AvgIpc) is 3.10. The van der Waals surface area contributed by atoms with Gasteiger partial charge in [0.25, 0.3) is 5.22 Å². The molecule has 0 radical (unpaired) electrons. The zero-order valence-electron chi connectivity index (χ0n) is 14.9. The molecule has 134 valence electrons. The lowest BCUT2D eigenvalue weighted by atomic mass is 9.89. The molecule has 1 N–H and O–H groups in total. The summed E-state index contributed by atoms with van der Waals surface area (Å²) in [5.41, 5.74) is 3.32. The molecule has 25 heavy (non-hydrogen) atoms. The molecule has 1 aromatic carbocycles. The number of nitrogens with zero attached hydrogens (tertiary/aromatic N) is 2. The number of thioether (sulfide) groups is 1. The van der Waals surface area contributed by atoms with Crippen LogP contribution >= 0.6 is 11.8 Å². The van der Waals surface area contributed by atoms with E-state index in [1.807, 2.05) is 18.2 Å². The van der Waals surface area contributed by atoms with Gasteiger partial charge in [0.05, 0.1) is 5.75 Å². The fourth-order valence-electron chi connectivity index (χ4n) is 3.09. The molecule has 1 aliphatic rings. The number of benzene rings is 1. The van der Waals surface area contributed by atoms with Crippen molar-refractivity contribution in [3.63, 3.8) is 0 Å². The van der Waals surface area contributed by atoms with Crippen LogP contribution in [0.25, 0.3) is 11.5 Å². The SMILES string of the molecule is Cc1ccc(-c2nnc(SCC(=O)NCC3CCCCC3)o2)cc1C. The minimum absolute atomic E-state index is 0.0292. The van der Waals surface area contributed by atoms with Gasteiger partial charge in [0.1, 0.15) is 0 Å². The molecule has 1 amide bonds. The first-order valence-electron chi connectivity index (χ1n) is 8.92. The van der Waals surface area contributed by atoms with E-state index in [0.29, 0.717) is 22.8 Å². The first kappa shape index (κ1) is 18.0. The van der Waals surface area contributed by atoms with E-state index in [9.17, 15) is 4.79 Å². The predicted molar refractivity (Wildman–Crippen MR) is 99.5 cm³/mol. The Labute approximate surface area is 153 Å². The van der Waals surface area contributed by atoms with Crippen LogP contribution in [0.1, 0.15) is 43.2 Å². The summed E-state index contributed by atoms with van der Waals surface area (Å²) < 4.78 is 5.67. The van der Waals surface area contributed by atoms with Gasteiger partial charge in [-0.3, -0.25) is 4.79 Å². The van der Waals surface area contributed by atoms with Crippen molar-refractivity contribution in [2.75, 3.05) is 12.3 Å². The molecule has 1 saturated carbocycles. The average molecular weight is 359 g/mol. The highest BCUT2D eigenvalue weighted by molar-refractivity contribution is 7.99. The molecule has 2 aromatic rings. The molecule has 1 aliphatic carbocycles. The fraction of sp³-hybridized carbons (Fsp3) is 0.526. The van der Waals surface area contributed by atoms with Gasteiger partial charge < -0.3 is 9.73 Å². The summed E-state index contributed by atoms with van der Waals surface area (Å²) in [6.45, 7) is 4.92. The number of hydrogen-bond donors (Lipinski definition) is 1. The first-order valence-corrected chi connectivity index (χ1v) is 9.91. The van der Waals surface area contributed by atoms with Gasteiger partial charge in [0.15, 0.2) is 0 Å². The highest BCUT2D eigenvalue weighted by atomic mass is 32.2. The maximum atomic E-state index is 12.0. The number of carbonyl (C=O) groups excluding carboxylic acids is 1. The molecule has 1 fully saturated rings. The van der Waals surface area contributed by atoms with Crippen molar-refractivity contribution in [2.24, 2.45) is 5.92 Å². The summed E-state index contributed by atoms with van der Waals surface area (Å²) in [4.78, 5) is 12.0. The third kappa shape index (κ3) is 5.08. The smallest absolute Gasteiger partial charge is 0.277 e. The number of aryl methyl sites for hydroxylation is 2. The lowest BCUT2D eigenvalue weighted by Crippen LogP contribution is -2.31. The second kappa shape index (κ2) is 8.52. The van der Waals surface area contributed by atoms with Crippen LogP contribution in [0.2, 0.25) is 0 Å². The Balaban J connectivity index is 1.47. The number of aromatic nitrogens is 2. The molecule has 5 nitrogen and oxygen atoms in total. The van der Waals surface area contributed by atoms with Crippen molar-refractivity contribution in [2.45, 2.75) is 51.2 Å². The summed E-state index contributed by atoms with van der Waals surface area (Å²) in [5.74, 6) is 1.47. The van der Waals surface area contributed by atoms with Crippen LogP contribution in [0, 0.1) is 19.8 Å². The molecule has 0 unspecified atom stereocenters. The first-order chi connectivity index (χ1) is 12.1. The monoisotopic (exact) mass is 359 g/mol. The van der Waals surface area contributed by atoms with E-state index in [-0.39, 0.29) is 5.91 Å². The number of hydrogen-bond acceptors (Lipinski definition) is 5. The molecular formula is C19H25N3O2S. The summed E-state index contributed by atoms with van der Waals surface area (Å²) >= 11 is 1.29. The van der Waals surface area contributed by atoms with E-state index in [1.165, 1.54) is 55.0 Å². The van der Waals surface area contributed by atoms with E-state index in [0.717, 1.165) is 12.1 Å². The zero-order valence-corrected chi connectivity index (χ0v) is 15.7. The minimum Gasteiger partial charge on any atom is -0.411 e. The van der Waals surface area contributed by atoms with Crippen LogP contribution in [-0.2, 0) is 4.79 Å². The topological polar surface area (TPSA) is 68.0 Å². The van der Waals surface area contributed by atoms with Gasteiger partial charge in [0, 0.05) is 12.1 Å². The van der Waals surface area contributed by atoms with Crippen molar-refractivity contribution in [1.29, 1.82) is 0 Å². The number of rotatable bonds is 6. The molecule has 6 heteroatoms. The number of amides is 1. The van der Waals surface area contributed by atoms with Crippen molar-refractivity contribution < 1.29 is 9.21 Å². The van der Waals surface area contributed by atoms with E-state index in [2.05, 4.69) is 29.4 Å². The van der Waals surface area contributed by atoms with Gasteiger partial charge in [-0.25, -0.2) is 0 Å². The Morgan fingerprint density at radius 2 is 2.00 bits per heavy atom. The van der Waals surface area contributed by atoms with Gasteiger partial charge in [-0.1, -0.05) is 37.1 Å². The highest BCUT2D eigenvalue weighted by Crippen LogP contribution is 2.25. The summed E-state index contributed by atoms with van der Waals surface area (Å²) in [6, 6.07) is 6.05. The Morgan fingerprint density at radius 1 is 1.20 bits per heavy atom. The van der Waals surface area contributed by atoms with Crippen molar-refractivity contribution in [3.8, 4) is 11.5 Å². The predicted octanol–water partition coefficient (Wildman–Crippen LogP) is 4.14. The minimum atomic E-state index is 0.0292. The molecule has 1 aromatic heterocycles. The van der Waals surface area contributed by atoms with E-state index >= 15 is 0 Å². The second-order valence-electron chi connectivity index (χ2n) is 6.77. The zero-order chi connectivity index (χ0) is 17.6. The van der Waals surface area contributed by atoms with Crippen molar-refractivity contribution in [3.05, 3.63) is 29.3 Å². The third-order valence-electron chi connectivity index (χ3n) is 4.80. The number of nitrogens with one attached hydrogen (secondary N) is 1. The molecule has 0 spiro atoms. The molecule has 0 aliphatic heterocycles. The van der Waals surface area contributed by atoms with Crippen LogP contribution in [0.4, 0.5) is 0 Å². The molecular weight excluding hydrogens is 334 g/mol. The normalized spacial score (nSPS) is 15.3. The lowest BCUT2D eigenvalue weighted by molar-refractivity contribution is -0.118. The molecule has 0 saturated heterocycles. The quantitative estimate of drug-likeness (QED) is 0.785. The van der Waals surface area contributed by atoms with Gasteiger partial charge in [-0.05, 0) is 55.9 Å². The number of carbonyl (C=O) groups is 1. The Bertz CT molecular complexity index is 723. The maximum absolute atomic E-state index is 12.0. The molecule has 0 atom stereocenters. The Hall–Kier alpha value is -1.82. The molecule has 0 bridgehead atoms. The maximum Gasteiger partial charge on any atom is 0.277 e. The summed E-state index contributed by atoms with van der Waals surface area (Å²) in [6.07, 6.45) is 6.38. The summed E-state index contributed by atoms with van der Waals surface area (Å²) in [5, 5.41) is 11.6. The molecule has 3 rings (SSSR count). The van der Waals surface area contributed by atoms with Crippen LogP contribution < -0.4 is 5.32 Å². The van der Waals surface area contributed by atoms with Crippen molar-refractivity contribution in [1.82, 2.24) is 15.5 Å². The lowest BCUT2D eigenvalue weighted by Gasteiger charge is -2.21. The van der Waals surface area contributed by atoms with E-state index in [4.69, 9.17) is 4.42 Å². The fourth-order valence-corrected chi connectivity index (χ4v) is 3.68. The van der Waals surface area contributed by atoms with E-state index in [1.54, 1.807) is 0 Å². The van der Waals surface area contributed by atoms with E-state index < -0.39 is 0 Å². The van der Waals surface area contributed by atoms with Crippen LogP contribution in [0.5, 0.6) is 0 Å². The van der Waals surface area contributed by atoms with Gasteiger partial charge in [-0.2, -0.15) is 0 Å². The van der Waals surface area contributed by atoms with Gasteiger partial charge >= 0.3 is 0 Å². The van der Waals surface area contributed by atoms with Crippen molar-refractivity contribution >= 4 is 17.7 Å². The van der Waals surface area contributed by atoms with Crippen LogP contribution in [0.3, 0.4) is 0 Å². The Kier molecular flexibility index (Phi) is 6.13.